The van der Waals surface area contributed by atoms with Crippen molar-refractivity contribution < 1.29 is 4.79 Å². The minimum atomic E-state index is 0.122. The Balaban J connectivity index is 1.26. The van der Waals surface area contributed by atoms with Crippen LogP contribution in [-0.2, 0) is 13.0 Å². The van der Waals surface area contributed by atoms with E-state index in [0.717, 1.165) is 89.8 Å². The van der Waals surface area contributed by atoms with Gasteiger partial charge in [0.25, 0.3) is 5.91 Å². The van der Waals surface area contributed by atoms with Crippen LogP contribution in [0.4, 0.5) is 5.82 Å². The first-order valence-corrected chi connectivity index (χ1v) is 13.2. The van der Waals surface area contributed by atoms with Crippen molar-refractivity contribution in [2.75, 3.05) is 44.2 Å². The van der Waals surface area contributed by atoms with Crippen molar-refractivity contribution in [3.05, 3.63) is 83.3 Å². The van der Waals surface area contributed by atoms with Gasteiger partial charge in [-0.05, 0) is 19.5 Å². The second-order valence-electron chi connectivity index (χ2n) is 9.85. The molecular formula is C30H32N6O. The summed E-state index contributed by atoms with van der Waals surface area (Å²) in [5, 5.41) is 0.963. The molecule has 0 N–H and O–H groups in total. The van der Waals surface area contributed by atoms with Gasteiger partial charge in [-0.3, -0.25) is 14.7 Å². The van der Waals surface area contributed by atoms with E-state index in [9.17, 15) is 4.79 Å². The summed E-state index contributed by atoms with van der Waals surface area (Å²) in [6, 6.07) is 20.4. The average molecular weight is 493 g/mol. The number of hydrogen-bond acceptors (Lipinski definition) is 6. The summed E-state index contributed by atoms with van der Waals surface area (Å²) in [6.07, 6.45) is 0.888. The van der Waals surface area contributed by atoms with Gasteiger partial charge in [-0.1, -0.05) is 55.5 Å². The number of aryl methyl sites for hydroxylation is 1. The number of anilines is 1. The lowest BCUT2D eigenvalue weighted by molar-refractivity contribution is 0.0745. The number of nitrogens with zero attached hydrogens (tertiary/aromatic N) is 6. The summed E-state index contributed by atoms with van der Waals surface area (Å²) in [7, 11) is 0. The molecule has 2 aliphatic rings. The van der Waals surface area contributed by atoms with Crippen molar-refractivity contribution in [3.8, 4) is 11.3 Å². The Kier molecular flexibility index (Phi) is 6.30. The Labute approximate surface area is 217 Å². The van der Waals surface area contributed by atoms with Crippen molar-refractivity contribution in [1.82, 2.24) is 24.8 Å². The number of hydrogen-bond donors (Lipinski definition) is 0. The number of benzene rings is 2. The van der Waals surface area contributed by atoms with Crippen LogP contribution in [0.15, 0.2) is 60.7 Å². The Hall–Kier alpha value is -3.84. The van der Waals surface area contributed by atoms with E-state index >= 15 is 0 Å². The molecule has 0 bridgehead atoms. The lowest BCUT2D eigenvalue weighted by atomic mass is 9.94. The molecule has 0 unspecified atom stereocenters. The number of amides is 1. The van der Waals surface area contributed by atoms with Gasteiger partial charge in [-0.2, -0.15) is 0 Å². The zero-order valence-corrected chi connectivity index (χ0v) is 21.5. The zero-order valence-electron chi connectivity index (χ0n) is 21.5. The second kappa shape index (κ2) is 9.90. The molecule has 1 fully saturated rings. The molecule has 1 saturated heterocycles. The maximum Gasteiger partial charge on any atom is 0.255 e. The maximum absolute atomic E-state index is 14.1. The minimum Gasteiger partial charge on any atom is -0.353 e. The molecular weight excluding hydrogens is 460 g/mol. The fourth-order valence-electron chi connectivity index (χ4n) is 5.53. The van der Waals surface area contributed by atoms with Crippen LogP contribution in [0.25, 0.3) is 22.2 Å². The van der Waals surface area contributed by atoms with Crippen molar-refractivity contribution in [2.24, 2.45) is 0 Å². The number of piperazine rings is 1. The van der Waals surface area contributed by atoms with Crippen LogP contribution in [0.1, 0.15) is 34.4 Å². The molecule has 188 valence electrons. The van der Waals surface area contributed by atoms with Crippen LogP contribution in [0, 0.1) is 6.92 Å². The monoisotopic (exact) mass is 492 g/mol. The van der Waals surface area contributed by atoms with Gasteiger partial charge in [-0.15, -0.1) is 0 Å². The Morgan fingerprint density at radius 2 is 1.65 bits per heavy atom. The molecule has 2 aromatic carbocycles. The highest BCUT2D eigenvalue weighted by Gasteiger charge is 2.30. The summed E-state index contributed by atoms with van der Waals surface area (Å²) in [6.45, 7) is 9.66. The summed E-state index contributed by atoms with van der Waals surface area (Å²) >= 11 is 0. The van der Waals surface area contributed by atoms with E-state index in [-0.39, 0.29) is 5.91 Å². The molecule has 0 atom stereocenters. The van der Waals surface area contributed by atoms with E-state index in [1.807, 2.05) is 54.3 Å². The maximum atomic E-state index is 14.1. The highest BCUT2D eigenvalue weighted by Crippen LogP contribution is 2.30. The molecule has 0 spiro atoms. The van der Waals surface area contributed by atoms with E-state index < -0.39 is 0 Å². The van der Waals surface area contributed by atoms with Gasteiger partial charge in [0, 0.05) is 74.0 Å². The third kappa shape index (κ3) is 4.55. The van der Waals surface area contributed by atoms with Crippen LogP contribution in [-0.4, -0.2) is 69.9 Å². The molecule has 7 nitrogen and oxygen atoms in total. The third-order valence-corrected chi connectivity index (χ3v) is 7.57. The average Bonchev–Trinajstić information content (AvgIpc) is 2.95. The molecule has 4 heterocycles. The van der Waals surface area contributed by atoms with E-state index in [0.29, 0.717) is 13.1 Å². The summed E-state index contributed by atoms with van der Waals surface area (Å²) < 4.78 is 0. The van der Waals surface area contributed by atoms with E-state index in [2.05, 4.69) is 39.9 Å². The van der Waals surface area contributed by atoms with E-state index in [4.69, 9.17) is 9.97 Å². The normalized spacial score (nSPS) is 16.2. The molecule has 0 saturated carbocycles. The number of carbonyl (C=O) groups excluding carboxylic acids is 1. The fourth-order valence-corrected chi connectivity index (χ4v) is 5.53. The third-order valence-electron chi connectivity index (χ3n) is 7.57. The van der Waals surface area contributed by atoms with Gasteiger partial charge in [0.15, 0.2) is 0 Å². The minimum absolute atomic E-state index is 0.122. The number of rotatable bonds is 4. The number of para-hydroxylation sites is 1. The zero-order chi connectivity index (χ0) is 25.4. The Morgan fingerprint density at radius 1 is 0.892 bits per heavy atom. The molecule has 37 heavy (non-hydrogen) atoms. The smallest absolute Gasteiger partial charge is 0.255 e. The molecule has 6 rings (SSSR count). The largest absolute Gasteiger partial charge is 0.353 e. The summed E-state index contributed by atoms with van der Waals surface area (Å²) in [5.74, 6) is 1.80. The number of pyridine rings is 1. The highest BCUT2D eigenvalue weighted by molar-refractivity contribution is 6.07. The van der Waals surface area contributed by atoms with Crippen LogP contribution in [0.2, 0.25) is 0 Å². The predicted octanol–water partition coefficient (Wildman–Crippen LogP) is 4.34. The van der Waals surface area contributed by atoms with Gasteiger partial charge in [-0.25, -0.2) is 9.97 Å². The standard InChI is InChI=1S/C30H32N6O/c1-3-34-14-13-26-24(20-34)29(23-11-7-8-12-25(23)33-26)30(37)36-17-15-35(16-18-36)28-19-27(31-21(2)32-28)22-9-5-4-6-10-22/h4-12,19H,3,13-18,20H2,1-2H3. The van der Waals surface area contributed by atoms with E-state index in [1.165, 1.54) is 0 Å². The quantitative estimate of drug-likeness (QED) is 0.422. The van der Waals surface area contributed by atoms with Crippen LogP contribution >= 0.6 is 0 Å². The van der Waals surface area contributed by atoms with Gasteiger partial charge in [0.05, 0.1) is 16.8 Å². The SMILES string of the molecule is CCN1CCc2nc3ccccc3c(C(=O)N3CCN(c4cc(-c5ccccc5)nc(C)n4)CC3)c2C1. The van der Waals surface area contributed by atoms with Gasteiger partial charge in [0.2, 0.25) is 0 Å². The van der Waals surface area contributed by atoms with Gasteiger partial charge < -0.3 is 9.80 Å². The number of carbonyl (C=O) groups is 1. The lowest BCUT2D eigenvalue weighted by Gasteiger charge is -2.37. The molecule has 7 heteroatoms. The number of likely N-dealkylation sites (N-methyl/N-ethyl adjacent to an activating group) is 1. The topological polar surface area (TPSA) is 65.5 Å². The lowest BCUT2D eigenvalue weighted by Crippen LogP contribution is -2.49. The first-order valence-electron chi connectivity index (χ1n) is 13.2. The number of aromatic nitrogens is 3. The second-order valence-corrected chi connectivity index (χ2v) is 9.85. The first kappa shape index (κ1) is 23.6. The molecule has 0 aliphatic carbocycles. The van der Waals surface area contributed by atoms with Crippen molar-refractivity contribution in [1.29, 1.82) is 0 Å². The Bertz CT molecular complexity index is 1450. The summed E-state index contributed by atoms with van der Waals surface area (Å²) in [5.41, 5.74) is 5.96. The van der Waals surface area contributed by atoms with Gasteiger partial charge >= 0.3 is 0 Å². The van der Waals surface area contributed by atoms with Crippen LogP contribution < -0.4 is 4.90 Å². The van der Waals surface area contributed by atoms with Crippen molar-refractivity contribution >= 4 is 22.6 Å². The van der Waals surface area contributed by atoms with Gasteiger partial charge in [0.1, 0.15) is 11.6 Å². The van der Waals surface area contributed by atoms with Crippen LogP contribution in [0.3, 0.4) is 0 Å². The highest BCUT2D eigenvalue weighted by atomic mass is 16.2. The van der Waals surface area contributed by atoms with Crippen molar-refractivity contribution in [3.63, 3.8) is 0 Å². The van der Waals surface area contributed by atoms with E-state index in [1.54, 1.807) is 0 Å². The predicted molar refractivity (Wildman–Crippen MR) is 147 cm³/mol. The van der Waals surface area contributed by atoms with Crippen molar-refractivity contribution in [2.45, 2.75) is 26.8 Å². The first-order chi connectivity index (χ1) is 18.1. The molecule has 2 aromatic heterocycles. The number of fused-ring (bicyclic) bond motifs is 2. The fraction of sp³-hybridized carbons (Fsp3) is 0.333. The molecule has 1 amide bonds. The molecule has 2 aliphatic heterocycles. The van der Waals surface area contributed by atoms with Crippen LogP contribution in [0.5, 0.6) is 0 Å². The Morgan fingerprint density at radius 3 is 2.43 bits per heavy atom. The molecule has 4 aromatic rings. The summed E-state index contributed by atoms with van der Waals surface area (Å²) in [4.78, 5) is 35.1. The molecule has 0 radical (unpaired) electrons.